The van der Waals surface area contributed by atoms with E-state index in [2.05, 4.69) is 11.9 Å². The zero-order chi connectivity index (χ0) is 11.8. The summed E-state index contributed by atoms with van der Waals surface area (Å²) in [5.74, 6) is -0.105. The number of carbonyl (C=O) groups excluding carboxylic acids is 2. The molecular weight excluding hydrogens is 192 g/mol. The van der Waals surface area contributed by atoms with Crippen molar-refractivity contribution in [3.05, 3.63) is 12.2 Å². The van der Waals surface area contributed by atoms with Crippen molar-refractivity contribution in [1.29, 1.82) is 0 Å². The summed E-state index contributed by atoms with van der Waals surface area (Å²) in [5, 5.41) is 2.72. The lowest BCUT2D eigenvalue weighted by Gasteiger charge is -2.07. The monoisotopic (exact) mass is 212 g/mol. The molecule has 0 saturated carbocycles. The maximum absolute atomic E-state index is 11.1. The van der Waals surface area contributed by atoms with Gasteiger partial charge in [-0.2, -0.15) is 0 Å². The van der Waals surface area contributed by atoms with Crippen LogP contribution in [0, 0.1) is 0 Å². The minimum Gasteiger partial charge on any atom is -0.352 e. The molecule has 15 heavy (non-hydrogen) atoms. The smallest absolute Gasteiger partial charge is 0.246 e. The number of nitrogens with two attached hydrogens (primary N) is 1. The lowest BCUT2D eigenvalue weighted by Crippen LogP contribution is -2.29. The predicted molar refractivity (Wildman–Crippen MR) is 60.3 cm³/mol. The molecule has 1 unspecified atom stereocenters. The fraction of sp³-hybridized carbons (Fsp3) is 0.636. The summed E-state index contributed by atoms with van der Waals surface area (Å²) in [7, 11) is 0. The van der Waals surface area contributed by atoms with Gasteiger partial charge in [0.25, 0.3) is 0 Å². The summed E-state index contributed by atoms with van der Waals surface area (Å²) >= 11 is 0. The minimum absolute atomic E-state index is 0.0148. The summed E-state index contributed by atoms with van der Waals surface area (Å²) < 4.78 is 0. The van der Waals surface area contributed by atoms with E-state index in [1.54, 1.807) is 6.92 Å². The Morgan fingerprint density at radius 3 is 2.40 bits per heavy atom. The number of hydrogen-bond donors (Lipinski definition) is 2. The van der Waals surface area contributed by atoms with Gasteiger partial charge in [0.2, 0.25) is 5.91 Å². The fourth-order valence-electron chi connectivity index (χ4n) is 1.05. The van der Waals surface area contributed by atoms with Gasteiger partial charge in [-0.3, -0.25) is 9.59 Å². The first-order valence-electron chi connectivity index (χ1n) is 5.15. The average Bonchev–Trinajstić information content (AvgIpc) is 2.16. The van der Waals surface area contributed by atoms with Crippen LogP contribution in [0.5, 0.6) is 0 Å². The largest absolute Gasteiger partial charge is 0.352 e. The van der Waals surface area contributed by atoms with E-state index in [9.17, 15) is 9.59 Å². The van der Waals surface area contributed by atoms with Crippen LogP contribution in [-0.2, 0) is 9.59 Å². The van der Waals surface area contributed by atoms with Gasteiger partial charge in [-0.15, -0.1) is 0 Å². The fourth-order valence-corrected chi connectivity index (χ4v) is 1.05. The van der Waals surface area contributed by atoms with Gasteiger partial charge < -0.3 is 11.1 Å². The zero-order valence-electron chi connectivity index (χ0n) is 9.51. The minimum atomic E-state index is -0.359. The molecular formula is C11H20N2O2. The number of hydrogen-bond acceptors (Lipinski definition) is 3. The van der Waals surface area contributed by atoms with Crippen LogP contribution in [0.2, 0.25) is 0 Å². The number of rotatable bonds is 7. The van der Waals surface area contributed by atoms with Crippen molar-refractivity contribution in [3.8, 4) is 0 Å². The normalized spacial score (nSPS) is 11.9. The Morgan fingerprint density at radius 2 is 1.93 bits per heavy atom. The third-order valence-electron chi connectivity index (χ3n) is 2.14. The van der Waals surface area contributed by atoms with Crippen LogP contribution in [0.25, 0.3) is 0 Å². The van der Waals surface area contributed by atoms with E-state index >= 15 is 0 Å². The van der Waals surface area contributed by atoms with Crippen molar-refractivity contribution in [2.75, 3.05) is 6.54 Å². The Balaban J connectivity index is 3.44. The van der Waals surface area contributed by atoms with Gasteiger partial charge in [0, 0.05) is 12.1 Å². The van der Waals surface area contributed by atoms with Crippen molar-refractivity contribution < 1.29 is 9.59 Å². The maximum atomic E-state index is 11.1. The molecule has 0 aromatic rings. The van der Waals surface area contributed by atoms with E-state index in [-0.39, 0.29) is 17.7 Å². The molecule has 4 nitrogen and oxygen atoms in total. The third-order valence-corrected chi connectivity index (χ3v) is 2.14. The molecule has 0 aromatic heterocycles. The molecule has 1 atom stereocenters. The number of unbranched alkanes of at least 4 members (excludes halogenated alkanes) is 1. The van der Waals surface area contributed by atoms with Crippen molar-refractivity contribution in [2.24, 2.45) is 5.73 Å². The van der Waals surface area contributed by atoms with Gasteiger partial charge in [-0.05, 0) is 33.1 Å². The van der Waals surface area contributed by atoms with Crippen molar-refractivity contribution in [1.82, 2.24) is 5.32 Å². The summed E-state index contributed by atoms with van der Waals surface area (Å²) in [5.41, 5.74) is 6.07. The Labute approximate surface area is 90.9 Å². The Morgan fingerprint density at radius 1 is 1.33 bits per heavy atom. The molecule has 3 N–H and O–H groups in total. The van der Waals surface area contributed by atoms with Crippen molar-refractivity contribution >= 4 is 11.7 Å². The lowest BCUT2D eigenvalue weighted by molar-refractivity contribution is -0.119. The summed E-state index contributed by atoms with van der Waals surface area (Å²) in [6.45, 7) is 7.30. The second-order valence-electron chi connectivity index (χ2n) is 3.75. The van der Waals surface area contributed by atoms with E-state index in [1.807, 2.05) is 0 Å². The summed E-state index contributed by atoms with van der Waals surface area (Å²) in [4.78, 5) is 21.9. The molecule has 0 bridgehead atoms. The predicted octanol–water partition coefficient (Wildman–Crippen LogP) is 0.765. The molecule has 0 heterocycles. The molecule has 0 aliphatic carbocycles. The molecule has 0 radical (unpaired) electrons. The van der Waals surface area contributed by atoms with Gasteiger partial charge in [-0.1, -0.05) is 6.58 Å². The van der Waals surface area contributed by atoms with Crippen molar-refractivity contribution in [3.63, 3.8) is 0 Å². The first kappa shape index (κ1) is 13.8. The number of Topliss-reactive ketones (excluding diaryl/α,β-unsaturated/α-hetero) is 1. The molecule has 0 rings (SSSR count). The molecule has 4 heteroatoms. The van der Waals surface area contributed by atoms with Crippen LogP contribution in [-0.4, -0.2) is 24.3 Å². The first-order valence-corrected chi connectivity index (χ1v) is 5.15. The molecule has 0 aliphatic heterocycles. The van der Waals surface area contributed by atoms with E-state index in [0.29, 0.717) is 18.5 Å². The second kappa shape index (κ2) is 7.17. The topological polar surface area (TPSA) is 72.2 Å². The SMILES string of the molecule is C=C(C)C(=O)NCCCCC(N)C(C)=O. The van der Waals surface area contributed by atoms with E-state index < -0.39 is 0 Å². The first-order chi connectivity index (χ1) is 6.95. The van der Waals surface area contributed by atoms with Gasteiger partial charge >= 0.3 is 0 Å². The molecule has 86 valence electrons. The number of amides is 1. The molecule has 0 fully saturated rings. The van der Waals surface area contributed by atoms with E-state index in [1.165, 1.54) is 6.92 Å². The second-order valence-corrected chi connectivity index (χ2v) is 3.75. The highest BCUT2D eigenvalue weighted by Gasteiger charge is 2.07. The highest BCUT2D eigenvalue weighted by Crippen LogP contribution is 1.99. The van der Waals surface area contributed by atoms with Crippen LogP contribution in [0.15, 0.2) is 12.2 Å². The molecule has 0 spiro atoms. The van der Waals surface area contributed by atoms with Gasteiger partial charge in [0.05, 0.1) is 6.04 Å². The summed E-state index contributed by atoms with van der Waals surface area (Å²) in [6.07, 6.45) is 2.36. The maximum Gasteiger partial charge on any atom is 0.246 e. The van der Waals surface area contributed by atoms with Gasteiger partial charge in [0.1, 0.15) is 5.78 Å². The standard InChI is InChI=1S/C11H20N2O2/c1-8(2)11(15)13-7-5-4-6-10(12)9(3)14/h10H,1,4-7,12H2,2-3H3,(H,13,15). The molecule has 0 aromatic carbocycles. The highest BCUT2D eigenvalue weighted by atomic mass is 16.1. The number of ketones is 1. The van der Waals surface area contributed by atoms with Crippen LogP contribution in [0.4, 0.5) is 0 Å². The Hall–Kier alpha value is -1.16. The molecule has 0 saturated heterocycles. The van der Waals surface area contributed by atoms with Crippen LogP contribution < -0.4 is 11.1 Å². The van der Waals surface area contributed by atoms with E-state index in [0.717, 1.165) is 12.8 Å². The van der Waals surface area contributed by atoms with Crippen LogP contribution in [0.3, 0.4) is 0 Å². The van der Waals surface area contributed by atoms with Crippen LogP contribution >= 0.6 is 0 Å². The highest BCUT2D eigenvalue weighted by molar-refractivity contribution is 5.92. The third kappa shape index (κ3) is 6.85. The average molecular weight is 212 g/mol. The Kier molecular flexibility index (Phi) is 6.62. The Bertz CT molecular complexity index is 249. The van der Waals surface area contributed by atoms with Crippen LogP contribution in [0.1, 0.15) is 33.1 Å². The number of carbonyl (C=O) groups is 2. The lowest BCUT2D eigenvalue weighted by atomic mass is 10.1. The van der Waals surface area contributed by atoms with Gasteiger partial charge in [0.15, 0.2) is 0 Å². The number of nitrogens with one attached hydrogen (secondary N) is 1. The van der Waals surface area contributed by atoms with Crippen molar-refractivity contribution in [2.45, 2.75) is 39.2 Å². The molecule has 0 aliphatic rings. The van der Waals surface area contributed by atoms with Gasteiger partial charge in [-0.25, -0.2) is 0 Å². The summed E-state index contributed by atoms with van der Waals surface area (Å²) in [6, 6.07) is -0.359. The van der Waals surface area contributed by atoms with E-state index in [4.69, 9.17) is 5.73 Å². The molecule has 1 amide bonds. The quantitative estimate of drug-likeness (QED) is 0.483. The zero-order valence-corrected chi connectivity index (χ0v) is 9.51.